The van der Waals surface area contributed by atoms with Crippen molar-refractivity contribution in [1.82, 2.24) is 10.2 Å². The third-order valence-electron chi connectivity index (χ3n) is 3.67. The molecular weight excluding hydrogens is 339 g/mol. The van der Waals surface area contributed by atoms with Crippen LogP contribution < -0.4 is 10.1 Å². The van der Waals surface area contributed by atoms with Gasteiger partial charge >= 0.3 is 12.0 Å². The van der Waals surface area contributed by atoms with Crippen LogP contribution in [0.25, 0.3) is 0 Å². The number of aliphatic carboxylic acids is 1. The Kier molecular flexibility index (Phi) is 6.96. The summed E-state index contributed by atoms with van der Waals surface area (Å²) in [5, 5.41) is 11.3. The second-order valence-corrected chi connectivity index (χ2v) is 5.79. The summed E-state index contributed by atoms with van der Waals surface area (Å²) in [4.78, 5) is 23.7. The van der Waals surface area contributed by atoms with Gasteiger partial charge in [0.05, 0.1) is 6.42 Å². The number of hydrogen-bond donors (Lipinski definition) is 2. The van der Waals surface area contributed by atoms with Crippen LogP contribution in [0.2, 0.25) is 0 Å². The first kappa shape index (κ1) is 19.2. The molecule has 0 bridgehead atoms. The van der Waals surface area contributed by atoms with Crippen molar-refractivity contribution in [3.8, 4) is 5.75 Å². The van der Waals surface area contributed by atoms with Crippen LogP contribution >= 0.6 is 0 Å². The summed E-state index contributed by atoms with van der Waals surface area (Å²) in [6.07, 6.45) is -0.0960. The number of ether oxygens (including phenoxy) is 1. The lowest BCUT2D eigenvalue weighted by Crippen LogP contribution is -2.37. The van der Waals surface area contributed by atoms with Crippen molar-refractivity contribution in [1.29, 1.82) is 0 Å². The van der Waals surface area contributed by atoms with Crippen molar-refractivity contribution in [2.75, 3.05) is 13.6 Å². The summed E-state index contributed by atoms with van der Waals surface area (Å²) >= 11 is 0. The van der Waals surface area contributed by atoms with Gasteiger partial charge in [0.25, 0.3) is 0 Å². The van der Waals surface area contributed by atoms with E-state index in [1.807, 2.05) is 12.1 Å². The van der Waals surface area contributed by atoms with Crippen LogP contribution in [0.5, 0.6) is 5.75 Å². The Morgan fingerprint density at radius 2 is 1.88 bits per heavy atom. The standard InChI is InChI=1S/C19H21FN2O4/c1-22(10-9-18(23)24)19(25)21-12-14-5-7-17(8-6-14)26-13-15-3-2-4-16(20)11-15/h2-8,11H,9-10,12-13H2,1H3,(H,21,25)(H,23,24). The Balaban J connectivity index is 1.78. The van der Waals surface area contributed by atoms with E-state index >= 15 is 0 Å². The molecule has 7 heteroatoms. The number of rotatable bonds is 8. The average Bonchev–Trinajstić information content (AvgIpc) is 2.63. The van der Waals surface area contributed by atoms with E-state index in [-0.39, 0.29) is 31.4 Å². The monoisotopic (exact) mass is 360 g/mol. The van der Waals surface area contributed by atoms with Gasteiger partial charge in [0.15, 0.2) is 0 Å². The summed E-state index contributed by atoms with van der Waals surface area (Å²) < 4.78 is 18.7. The molecule has 0 saturated carbocycles. The molecule has 2 aromatic carbocycles. The molecule has 2 N–H and O–H groups in total. The number of nitrogens with zero attached hydrogens (tertiary/aromatic N) is 1. The van der Waals surface area contributed by atoms with Gasteiger partial charge in [0.1, 0.15) is 18.2 Å². The lowest BCUT2D eigenvalue weighted by Gasteiger charge is -2.17. The number of nitrogens with one attached hydrogen (secondary N) is 1. The van der Waals surface area contributed by atoms with E-state index < -0.39 is 5.97 Å². The zero-order chi connectivity index (χ0) is 18.9. The van der Waals surface area contributed by atoms with Crippen molar-refractivity contribution >= 4 is 12.0 Å². The zero-order valence-electron chi connectivity index (χ0n) is 14.4. The van der Waals surface area contributed by atoms with E-state index in [1.54, 1.807) is 31.3 Å². The van der Waals surface area contributed by atoms with Gasteiger partial charge in [-0.25, -0.2) is 9.18 Å². The van der Waals surface area contributed by atoms with Gasteiger partial charge in [-0.3, -0.25) is 4.79 Å². The number of carbonyl (C=O) groups excluding carboxylic acids is 1. The molecule has 0 unspecified atom stereocenters. The summed E-state index contributed by atoms with van der Waals surface area (Å²) in [6.45, 7) is 0.733. The summed E-state index contributed by atoms with van der Waals surface area (Å²) in [6, 6.07) is 13.1. The van der Waals surface area contributed by atoms with Gasteiger partial charge in [-0.05, 0) is 35.4 Å². The highest BCUT2D eigenvalue weighted by Crippen LogP contribution is 2.14. The van der Waals surface area contributed by atoms with Crippen molar-refractivity contribution in [2.45, 2.75) is 19.6 Å². The lowest BCUT2D eigenvalue weighted by atomic mass is 10.2. The van der Waals surface area contributed by atoms with Crippen molar-refractivity contribution in [3.05, 3.63) is 65.5 Å². The Morgan fingerprint density at radius 1 is 1.15 bits per heavy atom. The topological polar surface area (TPSA) is 78.9 Å². The van der Waals surface area contributed by atoms with Crippen LogP contribution in [0.1, 0.15) is 17.5 Å². The van der Waals surface area contributed by atoms with E-state index in [1.165, 1.54) is 17.0 Å². The van der Waals surface area contributed by atoms with Crippen LogP contribution in [0.3, 0.4) is 0 Å². The fourth-order valence-corrected chi connectivity index (χ4v) is 2.17. The van der Waals surface area contributed by atoms with Crippen molar-refractivity contribution in [3.63, 3.8) is 0 Å². The highest BCUT2D eigenvalue weighted by Gasteiger charge is 2.09. The first-order valence-corrected chi connectivity index (χ1v) is 8.11. The van der Waals surface area contributed by atoms with Gasteiger partial charge in [-0.15, -0.1) is 0 Å². The van der Waals surface area contributed by atoms with Crippen LogP contribution in [0, 0.1) is 5.82 Å². The molecule has 0 fully saturated rings. The molecule has 0 spiro atoms. The summed E-state index contributed by atoms with van der Waals surface area (Å²) in [5.74, 6) is -0.605. The highest BCUT2D eigenvalue weighted by atomic mass is 19.1. The summed E-state index contributed by atoms with van der Waals surface area (Å²) in [7, 11) is 1.54. The van der Waals surface area contributed by atoms with Gasteiger partial charge in [0.2, 0.25) is 0 Å². The number of carboxylic acids is 1. The molecule has 2 aromatic rings. The van der Waals surface area contributed by atoms with Gasteiger partial charge in [0, 0.05) is 20.1 Å². The molecule has 0 atom stereocenters. The molecule has 0 aliphatic rings. The van der Waals surface area contributed by atoms with E-state index in [0.717, 1.165) is 11.1 Å². The zero-order valence-corrected chi connectivity index (χ0v) is 14.4. The third-order valence-corrected chi connectivity index (χ3v) is 3.67. The number of carboxylic acid groups (broad SMARTS) is 1. The van der Waals surface area contributed by atoms with Crippen LogP contribution in [-0.4, -0.2) is 35.6 Å². The predicted octanol–water partition coefficient (Wildman–Crippen LogP) is 3.02. The Labute approximate surface area is 151 Å². The molecule has 26 heavy (non-hydrogen) atoms. The molecule has 0 aliphatic carbocycles. The molecule has 0 radical (unpaired) electrons. The minimum Gasteiger partial charge on any atom is -0.489 e. The highest BCUT2D eigenvalue weighted by molar-refractivity contribution is 5.75. The Bertz CT molecular complexity index is 749. The Hall–Kier alpha value is -3.09. The second kappa shape index (κ2) is 9.41. The van der Waals surface area contributed by atoms with Crippen molar-refractivity contribution < 1.29 is 23.8 Å². The van der Waals surface area contributed by atoms with E-state index in [4.69, 9.17) is 9.84 Å². The first-order valence-electron chi connectivity index (χ1n) is 8.11. The van der Waals surface area contributed by atoms with Gasteiger partial charge < -0.3 is 20.1 Å². The molecule has 0 heterocycles. The largest absolute Gasteiger partial charge is 0.489 e. The number of hydrogen-bond acceptors (Lipinski definition) is 3. The van der Waals surface area contributed by atoms with Gasteiger partial charge in [-0.2, -0.15) is 0 Å². The first-order chi connectivity index (χ1) is 12.4. The number of benzene rings is 2. The Morgan fingerprint density at radius 3 is 2.54 bits per heavy atom. The minimum atomic E-state index is -0.946. The molecular formula is C19H21FN2O4. The molecule has 0 saturated heterocycles. The van der Waals surface area contributed by atoms with Gasteiger partial charge in [-0.1, -0.05) is 24.3 Å². The predicted molar refractivity (Wildman–Crippen MR) is 94.3 cm³/mol. The van der Waals surface area contributed by atoms with E-state index in [0.29, 0.717) is 12.3 Å². The third kappa shape index (κ3) is 6.43. The van der Waals surface area contributed by atoms with Crippen LogP contribution in [0.15, 0.2) is 48.5 Å². The van der Waals surface area contributed by atoms with E-state index in [2.05, 4.69) is 5.32 Å². The number of urea groups is 1. The fourth-order valence-electron chi connectivity index (χ4n) is 2.17. The number of amides is 2. The SMILES string of the molecule is CN(CCC(=O)O)C(=O)NCc1ccc(OCc2cccc(F)c2)cc1. The quantitative estimate of drug-likeness (QED) is 0.758. The average molecular weight is 360 g/mol. The number of halogens is 1. The normalized spacial score (nSPS) is 10.2. The number of carbonyl (C=O) groups is 2. The fraction of sp³-hybridized carbons (Fsp3) is 0.263. The molecule has 6 nitrogen and oxygen atoms in total. The second-order valence-electron chi connectivity index (χ2n) is 5.79. The molecule has 0 aliphatic heterocycles. The molecule has 0 aromatic heterocycles. The lowest BCUT2D eigenvalue weighted by molar-refractivity contribution is -0.137. The van der Waals surface area contributed by atoms with Crippen LogP contribution in [0.4, 0.5) is 9.18 Å². The molecule has 138 valence electrons. The van der Waals surface area contributed by atoms with Crippen molar-refractivity contribution in [2.24, 2.45) is 0 Å². The van der Waals surface area contributed by atoms with Crippen LogP contribution in [-0.2, 0) is 17.9 Å². The summed E-state index contributed by atoms with van der Waals surface area (Å²) in [5.41, 5.74) is 1.62. The maximum Gasteiger partial charge on any atom is 0.317 e. The maximum atomic E-state index is 13.1. The smallest absolute Gasteiger partial charge is 0.317 e. The van der Waals surface area contributed by atoms with E-state index in [9.17, 15) is 14.0 Å². The molecule has 2 amide bonds. The molecule has 2 rings (SSSR count). The maximum absolute atomic E-state index is 13.1. The minimum absolute atomic E-state index is 0.0960.